The highest BCUT2D eigenvalue weighted by atomic mass is 32.2. The summed E-state index contributed by atoms with van der Waals surface area (Å²) >= 11 is 1.73. The van der Waals surface area contributed by atoms with Gasteiger partial charge in [-0.3, -0.25) is 4.68 Å². The Labute approximate surface area is 98.8 Å². The molecule has 0 atom stereocenters. The summed E-state index contributed by atoms with van der Waals surface area (Å²) in [5, 5.41) is 7.94. The molecule has 1 aromatic heterocycles. The van der Waals surface area contributed by atoms with Crippen LogP contribution in [-0.4, -0.2) is 15.0 Å². The normalized spacial score (nSPS) is 10.6. The molecule has 0 radical (unpaired) electrons. The number of rotatable bonds is 3. The zero-order valence-corrected chi connectivity index (χ0v) is 10.2. The second-order valence-electron chi connectivity index (χ2n) is 3.64. The lowest BCUT2D eigenvalue weighted by Crippen LogP contribution is -1.91. The second kappa shape index (κ2) is 4.57. The van der Waals surface area contributed by atoms with E-state index in [4.69, 9.17) is 5.73 Å². The molecular weight excluding hydrogens is 220 g/mol. The largest absolute Gasteiger partial charge is 0.398 e. The molecule has 0 saturated heterocycles. The highest BCUT2D eigenvalue weighted by Gasteiger charge is 2.04. The average molecular weight is 234 g/mol. The maximum atomic E-state index is 5.85. The van der Waals surface area contributed by atoms with Gasteiger partial charge in [0.25, 0.3) is 0 Å². The van der Waals surface area contributed by atoms with Crippen molar-refractivity contribution in [3.63, 3.8) is 0 Å². The molecule has 0 aliphatic heterocycles. The minimum atomic E-state index is 0.818. The highest BCUT2D eigenvalue weighted by Crippen LogP contribution is 2.28. The van der Waals surface area contributed by atoms with Gasteiger partial charge in [-0.2, -0.15) is 0 Å². The minimum Gasteiger partial charge on any atom is -0.398 e. The summed E-state index contributed by atoms with van der Waals surface area (Å²) in [6.07, 6.45) is 1.93. The summed E-state index contributed by atoms with van der Waals surface area (Å²) in [4.78, 5) is 1.20. The molecule has 1 heterocycles. The summed E-state index contributed by atoms with van der Waals surface area (Å²) < 4.78 is 1.71. The van der Waals surface area contributed by atoms with Gasteiger partial charge in [0.15, 0.2) is 0 Å². The molecule has 16 heavy (non-hydrogen) atoms. The third-order valence-electron chi connectivity index (χ3n) is 2.35. The van der Waals surface area contributed by atoms with Crippen LogP contribution in [0.15, 0.2) is 29.3 Å². The quantitative estimate of drug-likeness (QED) is 0.652. The van der Waals surface area contributed by atoms with Crippen molar-refractivity contribution >= 4 is 17.4 Å². The number of nitrogen functional groups attached to an aromatic ring is 1. The van der Waals surface area contributed by atoms with Gasteiger partial charge in [-0.05, 0) is 24.6 Å². The van der Waals surface area contributed by atoms with E-state index in [1.54, 1.807) is 16.4 Å². The van der Waals surface area contributed by atoms with Gasteiger partial charge in [-0.25, -0.2) is 0 Å². The van der Waals surface area contributed by atoms with E-state index in [1.165, 1.54) is 4.90 Å². The molecule has 1 aromatic carbocycles. The first-order chi connectivity index (χ1) is 7.66. The number of aryl methyl sites for hydroxylation is 1. The van der Waals surface area contributed by atoms with Gasteiger partial charge in [0, 0.05) is 29.6 Å². The van der Waals surface area contributed by atoms with Crippen LogP contribution in [0, 0.1) is 6.92 Å². The lowest BCUT2D eigenvalue weighted by atomic mass is 10.2. The van der Waals surface area contributed by atoms with E-state index in [1.807, 2.05) is 32.3 Å². The Morgan fingerprint density at radius 1 is 1.44 bits per heavy atom. The van der Waals surface area contributed by atoms with E-state index in [9.17, 15) is 0 Å². The standard InChI is InChI=1S/C11H14N4S/c1-8-10(12)4-3-5-11(8)16-7-9-6-15(2)14-13-9/h3-6H,7,12H2,1-2H3. The van der Waals surface area contributed by atoms with Crippen LogP contribution < -0.4 is 5.73 Å². The van der Waals surface area contributed by atoms with Crippen molar-refractivity contribution in [1.29, 1.82) is 0 Å². The first-order valence-corrected chi connectivity index (χ1v) is 5.98. The summed E-state index contributed by atoms with van der Waals surface area (Å²) in [6.45, 7) is 2.04. The van der Waals surface area contributed by atoms with E-state index in [2.05, 4.69) is 16.4 Å². The van der Waals surface area contributed by atoms with Gasteiger partial charge in [-0.1, -0.05) is 11.3 Å². The average Bonchev–Trinajstić information content (AvgIpc) is 2.67. The number of thioether (sulfide) groups is 1. The van der Waals surface area contributed by atoms with E-state index in [0.717, 1.165) is 22.7 Å². The fourth-order valence-electron chi connectivity index (χ4n) is 1.40. The number of hydrogen-bond donors (Lipinski definition) is 1. The monoisotopic (exact) mass is 234 g/mol. The Bertz CT molecular complexity index is 492. The van der Waals surface area contributed by atoms with E-state index in [0.29, 0.717) is 0 Å². The molecule has 84 valence electrons. The van der Waals surface area contributed by atoms with E-state index in [-0.39, 0.29) is 0 Å². The molecule has 0 aliphatic carbocycles. The van der Waals surface area contributed by atoms with Crippen molar-refractivity contribution in [3.05, 3.63) is 35.7 Å². The highest BCUT2D eigenvalue weighted by molar-refractivity contribution is 7.98. The Balaban J connectivity index is 2.07. The maximum Gasteiger partial charge on any atom is 0.0929 e. The van der Waals surface area contributed by atoms with E-state index < -0.39 is 0 Å². The van der Waals surface area contributed by atoms with Gasteiger partial charge in [-0.15, -0.1) is 16.9 Å². The zero-order chi connectivity index (χ0) is 11.5. The summed E-state index contributed by atoms with van der Waals surface area (Å²) in [7, 11) is 1.87. The predicted molar refractivity (Wildman–Crippen MR) is 66.2 cm³/mol. The molecule has 0 amide bonds. The zero-order valence-electron chi connectivity index (χ0n) is 9.34. The minimum absolute atomic E-state index is 0.818. The fourth-order valence-corrected chi connectivity index (χ4v) is 2.35. The fraction of sp³-hybridized carbons (Fsp3) is 0.273. The SMILES string of the molecule is Cc1c(N)cccc1SCc1cn(C)nn1. The maximum absolute atomic E-state index is 5.85. The summed E-state index contributed by atoms with van der Waals surface area (Å²) in [5.74, 6) is 0.818. The van der Waals surface area contributed by atoms with Gasteiger partial charge >= 0.3 is 0 Å². The number of aromatic nitrogens is 3. The number of benzene rings is 1. The predicted octanol–water partition coefficient (Wildman–Crippen LogP) is 2.00. The second-order valence-corrected chi connectivity index (χ2v) is 4.66. The number of hydrogen-bond acceptors (Lipinski definition) is 4. The van der Waals surface area contributed by atoms with Crippen LogP contribution >= 0.6 is 11.8 Å². The molecule has 2 N–H and O–H groups in total. The molecule has 4 nitrogen and oxygen atoms in total. The number of nitrogens with two attached hydrogens (primary N) is 1. The first-order valence-electron chi connectivity index (χ1n) is 5.00. The van der Waals surface area contributed by atoms with Crippen LogP contribution in [0.5, 0.6) is 0 Å². The Morgan fingerprint density at radius 3 is 2.94 bits per heavy atom. The Hall–Kier alpha value is -1.49. The van der Waals surface area contributed by atoms with Crippen LogP contribution in [0.2, 0.25) is 0 Å². The molecule has 0 bridgehead atoms. The molecule has 2 aromatic rings. The van der Waals surface area contributed by atoms with Crippen molar-refractivity contribution in [1.82, 2.24) is 15.0 Å². The van der Waals surface area contributed by atoms with Crippen LogP contribution in [0.3, 0.4) is 0 Å². The van der Waals surface area contributed by atoms with Crippen LogP contribution in [0.1, 0.15) is 11.3 Å². The lowest BCUT2D eigenvalue weighted by Gasteiger charge is -2.06. The molecule has 2 rings (SSSR count). The Kier molecular flexibility index (Phi) is 3.14. The van der Waals surface area contributed by atoms with Crippen molar-refractivity contribution in [2.75, 3.05) is 5.73 Å². The number of anilines is 1. The molecule has 0 spiro atoms. The van der Waals surface area contributed by atoms with Gasteiger partial charge in [0.2, 0.25) is 0 Å². The van der Waals surface area contributed by atoms with Gasteiger partial charge < -0.3 is 5.73 Å². The van der Waals surface area contributed by atoms with E-state index >= 15 is 0 Å². The third-order valence-corrected chi connectivity index (χ3v) is 3.55. The summed E-state index contributed by atoms with van der Waals surface area (Å²) in [6, 6.07) is 5.97. The third kappa shape index (κ3) is 2.36. The van der Waals surface area contributed by atoms with Gasteiger partial charge in [0.1, 0.15) is 0 Å². The number of nitrogens with zero attached hydrogens (tertiary/aromatic N) is 3. The van der Waals surface area contributed by atoms with Crippen molar-refractivity contribution in [3.8, 4) is 0 Å². The van der Waals surface area contributed by atoms with Crippen molar-refractivity contribution in [2.45, 2.75) is 17.6 Å². The molecule has 5 heteroatoms. The molecule has 0 fully saturated rings. The molecule has 0 saturated carbocycles. The topological polar surface area (TPSA) is 56.7 Å². The smallest absolute Gasteiger partial charge is 0.0929 e. The van der Waals surface area contributed by atoms with Crippen molar-refractivity contribution in [2.24, 2.45) is 7.05 Å². The van der Waals surface area contributed by atoms with Gasteiger partial charge in [0.05, 0.1) is 5.69 Å². The van der Waals surface area contributed by atoms with Crippen LogP contribution in [-0.2, 0) is 12.8 Å². The first kappa shape index (κ1) is 11.0. The Morgan fingerprint density at radius 2 is 2.25 bits per heavy atom. The summed E-state index contributed by atoms with van der Waals surface area (Å²) in [5.41, 5.74) is 8.80. The molecular formula is C11H14N4S. The van der Waals surface area contributed by atoms with Crippen LogP contribution in [0.4, 0.5) is 5.69 Å². The lowest BCUT2D eigenvalue weighted by molar-refractivity contribution is 0.714. The molecule has 0 unspecified atom stereocenters. The van der Waals surface area contributed by atoms with Crippen LogP contribution in [0.25, 0.3) is 0 Å². The van der Waals surface area contributed by atoms with Crippen molar-refractivity contribution < 1.29 is 0 Å². The molecule has 0 aliphatic rings.